The third kappa shape index (κ3) is 3.99. The summed E-state index contributed by atoms with van der Waals surface area (Å²) in [5.41, 5.74) is 1.98. The Kier molecular flexibility index (Phi) is 5.94. The van der Waals surface area contributed by atoms with Gasteiger partial charge in [-0.1, -0.05) is 31.9 Å². The molecule has 0 aromatic heterocycles. The molecule has 0 bridgehead atoms. The summed E-state index contributed by atoms with van der Waals surface area (Å²) in [4.78, 5) is 37.2. The summed E-state index contributed by atoms with van der Waals surface area (Å²) in [5, 5.41) is 23.2. The number of carbonyl (C=O) groups excluding carboxylic acids is 1. The highest BCUT2D eigenvalue weighted by Gasteiger charge is 2.32. The van der Waals surface area contributed by atoms with Gasteiger partial charge in [-0.25, -0.2) is 4.79 Å². The average Bonchev–Trinajstić information content (AvgIpc) is 3.08. The number of nitro benzene ring substituents is 2. The van der Waals surface area contributed by atoms with E-state index in [1.54, 1.807) is 12.1 Å². The van der Waals surface area contributed by atoms with Crippen LogP contribution < -0.4 is 9.80 Å². The van der Waals surface area contributed by atoms with Crippen LogP contribution in [0, 0.1) is 20.2 Å². The Morgan fingerprint density at radius 1 is 0.786 bits per heavy atom. The Morgan fingerprint density at radius 3 is 1.50 bits per heavy atom. The van der Waals surface area contributed by atoms with Crippen LogP contribution in [-0.4, -0.2) is 29.0 Å². The van der Waals surface area contributed by atoms with Gasteiger partial charge in [-0.05, 0) is 23.3 Å². The number of urea groups is 1. The van der Waals surface area contributed by atoms with Crippen molar-refractivity contribution in [1.82, 2.24) is 0 Å². The first-order chi connectivity index (χ1) is 13.3. The quantitative estimate of drug-likeness (QED) is 0.314. The Balaban J connectivity index is 1.96. The second kappa shape index (κ2) is 8.23. The number of carbonyl (C=O) groups is 1. The van der Waals surface area contributed by atoms with Gasteiger partial charge in [0.1, 0.15) is 0 Å². The van der Waals surface area contributed by atoms with Gasteiger partial charge >= 0.3 is 6.03 Å². The van der Waals surface area contributed by atoms with Crippen LogP contribution >= 0.6 is 31.9 Å². The van der Waals surface area contributed by atoms with Crippen molar-refractivity contribution < 1.29 is 14.6 Å². The van der Waals surface area contributed by atoms with E-state index >= 15 is 0 Å². The number of rotatable bonds is 6. The third-order valence-electron chi connectivity index (χ3n) is 4.29. The molecule has 1 heterocycles. The van der Waals surface area contributed by atoms with E-state index in [4.69, 9.17) is 0 Å². The molecule has 2 aromatic carbocycles. The number of alkyl halides is 2. The molecule has 146 valence electrons. The number of nitrogens with zero attached hydrogens (tertiary/aromatic N) is 4. The molecular formula is C17H14Br2N4O5. The third-order valence-corrected chi connectivity index (χ3v) is 5.58. The van der Waals surface area contributed by atoms with Gasteiger partial charge < -0.3 is 0 Å². The van der Waals surface area contributed by atoms with Crippen LogP contribution in [0.3, 0.4) is 0 Å². The minimum atomic E-state index is -0.503. The van der Waals surface area contributed by atoms with E-state index in [9.17, 15) is 25.0 Å². The Bertz CT molecular complexity index is 893. The first-order valence-electron chi connectivity index (χ1n) is 8.11. The fraction of sp³-hybridized carbons (Fsp3) is 0.235. The van der Waals surface area contributed by atoms with Crippen LogP contribution in [-0.2, 0) is 10.7 Å². The number of non-ortho nitro benzene ring substituents is 2. The molecule has 0 aliphatic carbocycles. The largest absolute Gasteiger partial charge is 0.329 e. The van der Waals surface area contributed by atoms with Crippen molar-refractivity contribution in [1.29, 1.82) is 0 Å². The van der Waals surface area contributed by atoms with E-state index in [0.717, 1.165) is 0 Å². The molecule has 1 aliphatic rings. The Labute approximate surface area is 176 Å². The van der Waals surface area contributed by atoms with Gasteiger partial charge in [-0.15, -0.1) is 0 Å². The molecule has 9 nitrogen and oxygen atoms in total. The van der Waals surface area contributed by atoms with Crippen LogP contribution in [0.15, 0.2) is 36.4 Å². The molecule has 0 saturated carbocycles. The zero-order valence-corrected chi connectivity index (χ0v) is 17.6. The van der Waals surface area contributed by atoms with Crippen LogP contribution in [0.1, 0.15) is 11.1 Å². The lowest BCUT2D eigenvalue weighted by atomic mass is 10.2. The van der Waals surface area contributed by atoms with E-state index < -0.39 is 9.85 Å². The predicted octanol–water partition coefficient (Wildman–Crippen LogP) is 4.74. The maximum Gasteiger partial charge on any atom is 0.329 e. The predicted molar refractivity (Wildman–Crippen MR) is 112 cm³/mol. The van der Waals surface area contributed by atoms with Crippen molar-refractivity contribution in [2.24, 2.45) is 0 Å². The van der Waals surface area contributed by atoms with Crippen molar-refractivity contribution in [3.63, 3.8) is 0 Å². The lowest BCUT2D eigenvalue weighted by molar-refractivity contribution is -0.385. The first-order valence-corrected chi connectivity index (χ1v) is 10.4. The monoisotopic (exact) mass is 512 g/mol. The standard InChI is InChI=1S/C17H14Br2N4O5/c18-9-11-3-13(7-15(5-11)22(25)26)20-1-2-21(17(20)24)14-4-12(10-19)6-16(8-14)23(27)28/h3-8H,1-2,9-10H2. The highest BCUT2D eigenvalue weighted by atomic mass is 79.9. The summed E-state index contributed by atoms with van der Waals surface area (Å²) in [6.45, 7) is 0.627. The van der Waals surface area contributed by atoms with Crippen molar-refractivity contribution in [3.8, 4) is 0 Å². The van der Waals surface area contributed by atoms with Crippen molar-refractivity contribution in [2.75, 3.05) is 22.9 Å². The molecule has 2 amide bonds. The lowest BCUT2D eigenvalue weighted by Crippen LogP contribution is -2.31. The normalized spacial score (nSPS) is 13.9. The number of nitro groups is 2. The van der Waals surface area contributed by atoms with Crippen LogP contribution in [0.5, 0.6) is 0 Å². The highest BCUT2D eigenvalue weighted by Crippen LogP contribution is 2.32. The first kappa shape index (κ1) is 20.2. The molecule has 0 spiro atoms. The van der Waals surface area contributed by atoms with Crippen molar-refractivity contribution >= 4 is 60.6 Å². The molecular weight excluding hydrogens is 500 g/mol. The van der Waals surface area contributed by atoms with Crippen molar-refractivity contribution in [2.45, 2.75) is 10.7 Å². The summed E-state index contributed by atoms with van der Waals surface area (Å²) >= 11 is 6.56. The van der Waals surface area contributed by atoms with Gasteiger partial charge in [0.2, 0.25) is 0 Å². The zero-order valence-electron chi connectivity index (χ0n) is 14.4. The lowest BCUT2D eigenvalue weighted by Gasteiger charge is -2.19. The molecule has 2 aromatic rings. The second-order valence-electron chi connectivity index (χ2n) is 6.08. The second-order valence-corrected chi connectivity index (χ2v) is 7.20. The molecule has 1 aliphatic heterocycles. The van der Waals surface area contributed by atoms with Gasteiger partial charge in [-0.2, -0.15) is 0 Å². The molecule has 1 fully saturated rings. The number of amides is 2. The minimum absolute atomic E-state index is 0.102. The fourth-order valence-corrected chi connectivity index (χ4v) is 3.65. The Hall–Kier alpha value is -2.53. The number of hydrogen-bond donors (Lipinski definition) is 0. The number of anilines is 2. The average molecular weight is 514 g/mol. The minimum Gasteiger partial charge on any atom is -0.292 e. The van der Waals surface area contributed by atoms with E-state index in [2.05, 4.69) is 31.9 Å². The fourth-order valence-electron chi connectivity index (χ4n) is 3.01. The topological polar surface area (TPSA) is 110 Å². The van der Waals surface area contributed by atoms with E-state index in [-0.39, 0.29) is 17.4 Å². The zero-order chi connectivity index (χ0) is 20.4. The van der Waals surface area contributed by atoms with E-state index in [1.807, 2.05) is 0 Å². The summed E-state index contributed by atoms with van der Waals surface area (Å²) in [6.07, 6.45) is 0. The van der Waals surface area contributed by atoms with E-state index in [0.29, 0.717) is 46.3 Å². The summed E-state index contributed by atoms with van der Waals surface area (Å²) < 4.78 is 0. The SMILES string of the molecule is O=C1N(c2cc(CBr)cc([N+](=O)[O-])c2)CCN1c1cc(CBr)cc([N+](=O)[O-])c1. The highest BCUT2D eigenvalue weighted by molar-refractivity contribution is 9.08. The Morgan fingerprint density at radius 2 is 1.18 bits per heavy atom. The maximum atomic E-state index is 13.0. The molecule has 28 heavy (non-hydrogen) atoms. The van der Waals surface area contributed by atoms with Gasteiger partial charge in [0, 0.05) is 48.0 Å². The maximum absolute atomic E-state index is 13.0. The molecule has 11 heteroatoms. The van der Waals surface area contributed by atoms with Crippen LogP contribution in [0.2, 0.25) is 0 Å². The molecule has 1 saturated heterocycles. The van der Waals surface area contributed by atoms with Gasteiger partial charge in [0.15, 0.2) is 0 Å². The molecule has 0 N–H and O–H groups in total. The molecule has 0 radical (unpaired) electrons. The summed E-state index contributed by atoms with van der Waals surface area (Å²) in [6, 6.07) is 8.62. The number of benzene rings is 2. The number of halogens is 2. The van der Waals surface area contributed by atoms with Gasteiger partial charge in [0.05, 0.1) is 21.2 Å². The molecule has 3 rings (SSSR count). The van der Waals surface area contributed by atoms with Gasteiger partial charge in [0.25, 0.3) is 11.4 Å². The smallest absolute Gasteiger partial charge is 0.292 e. The molecule has 0 unspecified atom stereocenters. The summed E-state index contributed by atoms with van der Waals surface area (Å²) in [7, 11) is 0. The molecule has 0 atom stereocenters. The van der Waals surface area contributed by atoms with E-state index in [1.165, 1.54) is 34.1 Å². The summed E-state index contributed by atoms with van der Waals surface area (Å²) in [5.74, 6) is 0. The van der Waals surface area contributed by atoms with Crippen LogP contribution in [0.4, 0.5) is 27.5 Å². The van der Waals surface area contributed by atoms with Crippen LogP contribution in [0.25, 0.3) is 0 Å². The van der Waals surface area contributed by atoms with Crippen molar-refractivity contribution in [3.05, 3.63) is 67.8 Å². The van der Waals surface area contributed by atoms with Gasteiger partial charge in [-0.3, -0.25) is 30.0 Å². The number of hydrogen-bond acceptors (Lipinski definition) is 5.